The van der Waals surface area contributed by atoms with Crippen molar-refractivity contribution in [3.8, 4) is 0 Å². The zero-order valence-electron chi connectivity index (χ0n) is 12.9. The van der Waals surface area contributed by atoms with Crippen molar-refractivity contribution in [3.05, 3.63) is 58.9 Å². The van der Waals surface area contributed by atoms with Crippen molar-refractivity contribution in [2.75, 3.05) is 11.8 Å². The average Bonchev–Trinajstić information content (AvgIpc) is 2.47. The fourth-order valence-corrected chi connectivity index (χ4v) is 3.44. The van der Waals surface area contributed by atoms with Crippen LogP contribution in [0.5, 0.6) is 0 Å². The highest BCUT2D eigenvalue weighted by atomic mass is 32.2. The van der Waals surface area contributed by atoms with E-state index in [1.165, 1.54) is 12.1 Å². The summed E-state index contributed by atoms with van der Waals surface area (Å²) in [5.74, 6) is -1.67. The van der Waals surface area contributed by atoms with Crippen molar-refractivity contribution in [1.29, 1.82) is 0 Å². The molecule has 0 heterocycles. The topological polar surface area (TPSA) is 72.5 Å². The standard InChI is InChI=1S/C16H16FNO4S/c1-10-4-7-15(11(2)8-10)23(20,21)18-12-5-6-14(17)13(9-12)16(19)22-3/h4-9,18H,1-3H3. The fourth-order valence-electron chi connectivity index (χ4n) is 2.17. The number of hydrogen-bond acceptors (Lipinski definition) is 4. The molecule has 0 saturated carbocycles. The van der Waals surface area contributed by atoms with Crippen molar-refractivity contribution < 1.29 is 22.3 Å². The number of anilines is 1. The van der Waals surface area contributed by atoms with Gasteiger partial charge in [0.2, 0.25) is 0 Å². The highest BCUT2D eigenvalue weighted by Gasteiger charge is 2.19. The van der Waals surface area contributed by atoms with Crippen LogP contribution in [0.15, 0.2) is 41.3 Å². The minimum atomic E-state index is -3.85. The summed E-state index contributed by atoms with van der Waals surface area (Å²) in [6.07, 6.45) is 0. The molecule has 0 bridgehead atoms. The third-order valence-corrected chi connectivity index (χ3v) is 4.79. The van der Waals surface area contributed by atoms with Gasteiger partial charge in [0, 0.05) is 5.69 Å². The van der Waals surface area contributed by atoms with Gasteiger partial charge in [-0.25, -0.2) is 17.6 Å². The van der Waals surface area contributed by atoms with E-state index in [0.29, 0.717) is 5.56 Å². The first-order chi connectivity index (χ1) is 10.7. The highest BCUT2D eigenvalue weighted by molar-refractivity contribution is 7.92. The van der Waals surface area contributed by atoms with E-state index in [0.717, 1.165) is 24.8 Å². The normalized spacial score (nSPS) is 11.1. The molecule has 0 spiro atoms. The lowest BCUT2D eigenvalue weighted by atomic mass is 10.2. The zero-order chi connectivity index (χ0) is 17.2. The van der Waals surface area contributed by atoms with E-state index in [9.17, 15) is 17.6 Å². The SMILES string of the molecule is COC(=O)c1cc(NS(=O)(=O)c2ccc(C)cc2C)ccc1F. The van der Waals surface area contributed by atoms with Gasteiger partial charge >= 0.3 is 5.97 Å². The largest absolute Gasteiger partial charge is 0.465 e. The van der Waals surface area contributed by atoms with Gasteiger partial charge in [-0.1, -0.05) is 17.7 Å². The molecule has 0 saturated heterocycles. The number of nitrogens with one attached hydrogen (secondary N) is 1. The predicted octanol–water partition coefficient (Wildman–Crippen LogP) is 3.03. The predicted molar refractivity (Wildman–Crippen MR) is 84.5 cm³/mol. The number of hydrogen-bond donors (Lipinski definition) is 1. The number of halogens is 1. The molecule has 5 nitrogen and oxygen atoms in total. The van der Waals surface area contributed by atoms with E-state index >= 15 is 0 Å². The molecular formula is C16H16FNO4S. The van der Waals surface area contributed by atoms with E-state index in [4.69, 9.17) is 0 Å². The summed E-state index contributed by atoms with van der Waals surface area (Å²) in [7, 11) is -2.73. The Kier molecular flexibility index (Phi) is 4.70. The molecule has 0 amide bonds. The zero-order valence-corrected chi connectivity index (χ0v) is 13.7. The third kappa shape index (κ3) is 3.68. The van der Waals surface area contributed by atoms with Crippen molar-refractivity contribution in [1.82, 2.24) is 0 Å². The number of benzene rings is 2. The number of ether oxygens (including phenoxy) is 1. The summed E-state index contributed by atoms with van der Waals surface area (Å²) >= 11 is 0. The molecule has 122 valence electrons. The third-order valence-electron chi connectivity index (χ3n) is 3.24. The summed E-state index contributed by atoms with van der Waals surface area (Å²) in [6.45, 7) is 3.55. The Morgan fingerprint density at radius 1 is 1.13 bits per heavy atom. The molecule has 0 aromatic heterocycles. The van der Waals surface area contributed by atoms with Crippen LogP contribution in [-0.4, -0.2) is 21.5 Å². The lowest BCUT2D eigenvalue weighted by Gasteiger charge is -2.12. The van der Waals surface area contributed by atoms with Gasteiger partial charge in [0.15, 0.2) is 0 Å². The maximum Gasteiger partial charge on any atom is 0.340 e. The van der Waals surface area contributed by atoms with Crippen LogP contribution in [0.2, 0.25) is 0 Å². The Balaban J connectivity index is 2.39. The average molecular weight is 337 g/mol. The first-order valence-electron chi connectivity index (χ1n) is 6.72. The van der Waals surface area contributed by atoms with Gasteiger partial charge in [-0.3, -0.25) is 4.72 Å². The number of rotatable bonds is 4. The van der Waals surface area contributed by atoms with Crippen molar-refractivity contribution >= 4 is 21.7 Å². The Labute approximate surface area is 134 Å². The first kappa shape index (κ1) is 17.0. The molecule has 0 radical (unpaired) electrons. The molecule has 23 heavy (non-hydrogen) atoms. The highest BCUT2D eigenvalue weighted by Crippen LogP contribution is 2.22. The molecular weight excluding hydrogens is 321 g/mol. The number of esters is 1. The maximum atomic E-state index is 13.6. The van der Waals surface area contributed by atoms with Crippen LogP contribution in [0.3, 0.4) is 0 Å². The van der Waals surface area contributed by atoms with Crippen molar-refractivity contribution in [3.63, 3.8) is 0 Å². The maximum absolute atomic E-state index is 13.6. The monoisotopic (exact) mass is 337 g/mol. The van der Waals surface area contributed by atoms with Gasteiger partial charge in [-0.15, -0.1) is 0 Å². The van der Waals surface area contributed by atoms with Crippen LogP contribution in [0.1, 0.15) is 21.5 Å². The number of carbonyl (C=O) groups excluding carboxylic acids is 1. The lowest BCUT2D eigenvalue weighted by Crippen LogP contribution is -2.15. The summed E-state index contributed by atoms with van der Waals surface area (Å²) in [6, 6.07) is 8.28. The molecule has 0 aliphatic rings. The Hall–Kier alpha value is -2.41. The second-order valence-electron chi connectivity index (χ2n) is 5.06. The quantitative estimate of drug-likeness (QED) is 0.871. The molecule has 2 aromatic rings. The summed E-state index contributed by atoms with van der Waals surface area (Å²) in [5.41, 5.74) is 1.27. The van der Waals surface area contributed by atoms with E-state index in [-0.39, 0.29) is 16.1 Å². The van der Waals surface area contributed by atoms with Crippen LogP contribution in [0, 0.1) is 19.7 Å². The van der Waals surface area contributed by atoms with Gasteiger partial charge in [-0.2, -0.15) is 0 Å². The van der Waals surface area contributed by atoms with Crippen LogP contribution in [0.4, 0.5) is 10.1 Å². The second kappa shape index (κ2) is 6.37. The van der Waals surface area contributed by atoms with Gasteiger partial charge in [0.05, 0.1) is 17.6 Å². The summed E-state index contributed by atoms with van der Waals surface area (Å²) in [4.78, 5) is 11.6. The van der Waals surface area contributed by atoms with Gasteiger partial charge < -0.3 is 4.74 Å². The van der Waals surface area contributed by atoms with Gasteiger partial charge in [-0.05, 0) is 43.7 Å². The molecule has 2 aromatic carbocycles. The van der Waals surface area contributed by atoms with Crippen LogP contribution >= 0.6 is 0 Å². The van der Waals surface area contributed by atoms with Crippen molar-refractivity contribution in [2.45, 2.75) is 18.7 Å². The Bertz CT molecular complexity index is 862. The van der Waals surface area contributed by atoms with E-state index in [1.54, 1.807) is 19.1 Å². The Morgan fingerprint density at radius 3 is 2.43 bits per heavy atom. The van der Waals surface area contributed by atoms with E-state index < -0.39 is 21.8 Å². The molecule has 0 aliphatic heterocycles. The molecule has 0 aliphatic carbocycles. The number of methoxy groups -OCH3 is 1. The lowest BCUT2D eigenvalue weighted by molar-refractivity contribution is 0.0595. The smallest absolute Gasteiger partial charge is 0.340 e. The van der Waals surface area contributed by atoms with Crippen LogP contribution in [-0.2, 0) is 14.8 Å². The van der Waals surface area contributed by atoms with E-state index in [2.05, 4.69) is 9.46 Å². The molecule has 0 fully saturated rings. The first-order valence-corrected chi connectivity index (χ1v) is 8.21. The van der Waals surface area contributed by atoms with Gasteiger partial charge in [0.1, 0.15) is 5.82 Å². The second-order valence-corrected chi connectivity index (χ2v) is 6.71. The summed E-state index contributed by atoms with van der Waals surface area (Å²) < 4.78 is 45.3. The minimum Gasteiger partial charge on any atom is -0.465 e. The number of aryl methyl sites for hydroxylation is 2. The molecule has 1 N–H and O–H groups in total. The summed E-state index contributed by atoms with van der Waals surface area (Å²) in [5, 5.41) is 0. The minimum absolute atomic E-state index is 0.0757. The van der Waals surface area contributed by atoms with Crippen LogP contribution in [0.25, 0.3) is 0 Å². The van der Waals surface area contributed by atoms with Crippen LogP contribution < -0.4 is 4.72 Å². The number of carbonyl (C=O) groups is 1. The molecule has 7 heteroatoms. The molecule has 0 unspecified atom stereocenters. The Morgan fingerprint density at radius 2 is 1.83 bits per heavy atom. The van der Waals surface area contributed by atoms with E-state index in [1.807, 2.05) is 6.92 Å². The fraction of sp³-hybridized carbons (Fsp3) is 0.188. The number of sulfonamides is 1. The van der Waals surface area contributed by atoms with Crippen molar-refractivity contribution in [2.24, 2.45) is 0 Å². The molecule has 2 rings (SSSR count). The molecule has 0 atom stereocenters. The van der Waals surface area contributed by atoms with Gasteiger partial charge in [0.25, 0.3) is 10.0 Å².